The summed E-state index contributed by atoms with van der Waals surface area (Å²) in [4.78, 5) is 12.4. The Bertz CT molecular complexity index is 545. The van der Waals surface area contributed by atoms with Crippen molar-refractivity contribution in [2.75, 3.05) is 0 Å². The highest BCUT2D eigenvalue weighted by Crippen LogP contribution is 2.27. The molecule has 0 spiro atoms. The topological polar surface area (TPSA) is 38.3 Å². The molecule has 3 nitrogen and oxygen atoms in total. The Morgan fingerprint density at radius 3 is 1.92 bits per heavy atom. The van der Waals surface area contributed by atoms with Crippen LogP contribution in [0.3, 0.4) is 0 Å². The number of amides is 1. The average molecular weight is 334 g/mol. The van der Waals surface area contributed by atoms with Gasteiger partial charge in [-0.05, 0) is 55.7 Å². The molecule has 1 amide bonds. The lowest BCUT2D eigenvalue weighted by atomic mass is 9.81. The second-order valence-corrected chi connectivity index (χ2v) is 9.65. The minimum atomic E-state index is -0.523. The van der Waals surface area contributed by atoms with E-state index < -0.39 is 6.10 Å². The van der Waals surface area contributed by atoms with Crippen LogP contribution in [0.15, 0.2) is 24.3 Å². The fourth-order valence-electron chi connectivity index (χ4n) is 3.10. The number of rotatable bonds is 5. The number of carbonyl (C=O) groups excluding carboxylic acids is 1. The van der Waals surface area contributed by atoms with Gasteiger partial charge in [-0.25, -0.2) is 0 Å². The van der Waals surface area contributed by atoms with Crippen LogP contribution in [0, 0.1) is 5.41 Å². The van der Waals surface area contributed by atoms with E-state index in [1.807, 2.05) is 12.1 Å². The Labute approximate surface area is 148 Å². The molecule has 0 heterocycles. The molecular formula is C21H35NO2. The molecule has 0 bridgehead atoms. The lowest BCUT2D eigenvalue weighted by molar-refractivity contribution is -0.129. The van der Waals surface area contributed by atoms with Gasteiger partial charge >= 0.3 is 0 Å². The van der Waals surface area contributed by atoms with Crippen LogP contribution < -0.4 is 10.1 Å². The van der Waals surface area contributed by atoms with Crippen LogP contribution in [0.25, 0.3) is 0 Å². The molecule has 1 aromatic rings. The van der Waals surface area contributed by atoms with Gasteiger partial charge in [0, 0.05) is 5.54 Å². The van der Waals surface area contributed by atoms with Gasteiger partial charge in [0.25, 0.3) is 5.91 Å². The van der Waals surface area contributed by atoms with Crippen LogP contribution in [0.5, 0.6) is 5.75 Å². The Morgan fingerprint density at radius 1 is 1.00 bits per heavy atom. The van der Waals surface area contributed by atoms with E-state index in [4.69, 9.17) is 4.74 Å². The van der Waals surface area contributed by atoms with Crippen molar-refractivity contribution in [2.24, 2.45) is 5.41 Å². The largest absolute Gasteiger partial charge is 0.481 e. The second-order valence-electron chi connectivity index (χ2n) is 9.65. The van der Waals surface area contributed by atoms with Crippen LogP contribution in [-0.2, 0) is 10.2 Å². The normalized spacial score (nSPS) is 14.2. The molecule has 24 heavy (non-hydrogen) atoms. The summed E-state index contributed by atoms with van der Waals surface area (Å²) >= 11 is 0. The summed E-state index contributed by atoms with van der Waals surface area (Å²) in [5.41, 5.74) is 1.25. The Balaban J connectivity index is 2.67. The number of ether oxygens (including phenoxy) is 1. The molecule has 1 atom stereocenters. The van der Waals surface area contributed by atoms with E-state index >= 15 is 0 Å². The molecule has 0 radical (unpaired) electrons. The first-order valence-corrected chi connectivity index (χ1v) is 8.79. The minimum absolute atomic E-state index is 0.0795. The maximum atomic E-state index is 12.4. The summed E-state index contributed by atoms with van der Waals surface area (Å²) in [5.74, 6) is 0.642. The smallest absolute Gasteiger partial charge is 0.261 e. The third kappa shape index (κ3) is 6.94. The number of hydrogen-bond acceptors (Lipinski definition) is 2. The van der Waals surface area contributed by atoms with Crippen molar-refractivity contribution in [3.05, 3.63) is 29.8 Å². The van der Waals surface area contributed by atoms with E-state index in [9.17, 15) is 4.79 Å². The summed E-state index contributed by atoms with van der Waals surface area (Å²) in [5, 5.41) is 3.10. The van der Waals surface area contributed by atoms with Gasteiger partial charge in [-0.1, -0.05) is 53.7 Å². The van der Waals surface area contributed by atoms with Crippen LogP contribution >= 0.6 is 0 Å². The fraction of sp³-hybridized carbons (Fsp3) is 0.667. The number of hydrogen-bond donors (Lipinski definition) is 1. The highest BCUT2D eigenvalue weighted by Gasteiger charge is 2.29. The van der Waals surface area contributed by atoms with Gasteiger partial charge in [0.05, 0.1) is 0 Å². The van der Waals surface area contributed by atoms with E-state index in [1.54, 1.807) is 6.92 Å². The summed E-state index contributed by atoms with van der Waals surface area (Å²) < 4.78 is 5.81. The minimum Gasteiger partial charge on any atom is -0.481 e. The van der Waals surface area contributed by atoms with Crippen molar-refractivity contribution >= 4 is 5.91 Å². The average Bonchev–Trinajstić information content (AvgIpc) is 2.34. The predicted octanol–water partition coefficient (Wildman–Crippen LogP) is 5.08. The molecule has 1 N–H and O–H groups in total. The molecule has 0 aliphatic rings. The first kappa shape index (κ1) is 20.5. The van der Waals surface area contributed by atoms with Crippen molar-refractivity contribution in [1.82, 2.24) is 5.32 Å². The maximum absolute atomic E-state index is 12.4. The lowest BCUT2D eigenvalue weighted by Crippen LogP contribution is -2.50. The first-order valence-electron chi connectivity index (χ1n) is 8.79. The Morgan fingerprint density at radius 2 is 1.50 bits per heavy atom. The van der Waals surface area contributed by atoms with E-state index in [-0.39, 0.29) is 22.3 Å². The van der Waals surface area contributed by atoms with E-state index in [0.717, 1.165) is 12.2 Å². The van der Waals surface area contributed by atoms with Crippen molar-refractivity contribution in [1.29, 1.82) is 0 Å². The van der Waals surface area contributed by atoms with Crippen LogP contribution in [0.4, 0.5) is 0 Å². The van der Waals surface area contributed by atoms with Crippen molar-refractivity contribution in [3.8, 4) is 5.75 Å². The summed E-state index contributed by atoms with van der Waals surface area (Å²) in [6, 6.07) is 7.99. The van der Waals surface area contributed by atoms with Crippen LogP contribution in [-0.4, -0.2) is 17.6 Å². The zero-order chi connectivity index (χ0) is 18.8. The molecule has 136 valence electrons. The second kappa shape index (κ2) is 7.16. The molecule has 0 fully saturated rings. The summed E-state index contributed by atoms with van der Waals surface area (Å²) in [6.07, 6.45) is 0.378. The molecule has 0 aromatic heterocycles. The first-order chi connectivity index (χ1) is 10.7. The zero-order valence-electron chi connectivity index (χ0n) is 16.9. The maximum Gasteiger partial charge on any atom is 0.261 e. The molecule has 1 rings (SSSR count). The van der Waals surface area contributed by atoms with E-state index in [0.29, 0.717) is 0 Å². The standard InChI is InChI=1S/C21H35NO2/c1-15(18(23)22-21(8,9)14-19(2,3)4)24-17-12-10-16(11-13-17)20(5,6)7/h10-13,15H,14H2,1-9H3,(H,22,23)/t15-/m0/s1. The Kier molecular flexibility index (Phi) is 6.13. The monoisotopic (exact) mass is 333 g/mol. The Hall–Kier alpha value is -1.51. The van der Waals surface area contributed by atoms with Gasteiger partial charge in [0.2, 0.25) is 0 Å². The van der Waals surface area contributed by atoms with Gasteiger partial charge in [-0.2, -0.15) is 0 Å². The number of benzene rings is 1. The van der Waals surface area contributed by atoms with Gasteiger partial charge in [0.15, 0.2) is 6.10 Å². The van der Waals surface area contributed by atoms with Gasteiger partial charge in [0.1, 0.15) is 5.75 Å². The predicted molar refractivity (Wildman–Crippen MR) is 102 cm³/mol. The van der Waals surface area contributed by atoms with Gasteiger partial charge < -0.3 is 10.1 Å². The molecule has 0 saturated carbocycles. The highest BCUT2D eigenvalue weighted by molar-refractivity contribution is 5.81. The molecule has 0 unspecified atom stereocenters. The molecular weight excluding hydrogens is 298 g/mol. The molecule has 1 aromatic carbocycles. The molecule has 0 saturated heterocycles. The van der Waals surface area contributed by atoms with Gasteiger partial charge in [-0.3, -0.25) is 4.79 Å². The third-order valence-electron chi connectivity index (χ3n) is 3.84. The van der Waals surface area contributed by atoms with Crippen molar-refractivity contribution < 1.29 is 9.53 Å². The highest BCUT2D eigenvalue weighted by atomic mass is 16.5. The summed E-state index contributed by atoms with van der Waals surface area (Å²) in [7, 11) is 0. The zero-order valence-corrected chi connectivity index (χ0v) is 16.9. The van der Waals surface area contributed by atoms with Crippen LogP contribution in [0.2, 0.25) is 0 Å². The van der Waals surface area contributed by atoms with Crippen molar-refractivity contribution in [3.63, 3.8) is 0 Å². The third-order valence-corrected chi connectivity index (χ3v) is 3.84. The number of nitrogens with one attached hydrogen (secondary N) is 1. The van der Waals surface area contributed by atoms with E-state index in [2.05, 4.69) is 72.8 Å². The van der Waals surface area contributed by atoms with Crippen molar-refractivity contribution in [2.45, 2.75) is 85.8 Å². The van der Waals surface area contributed by atoms with E-state index in [1.165, 1.54) is 5.56 Å². The quantitative estimate of drug-likeness (QED) is 0.816. The van der Waals surface area contributed by atoms with Crippen LogP contribution in [0.1, 0.15) is 74.3 Å². The molecule has 0 aliphatic carbocycles. The SMILES string of the molecule is C[C@H](Oc1ccc(C(C)(C)C)cc1)C(=O)NC(C)(C)CC(C)(C)C. The fourth-order valence-corrected chi connectivity index (χ4v) is 3.10. The molecule has 3 heteroatoms. The van der Waals surface area contributed by atoms with Gasteiger partial charge in [-0.15, -0.1) is 0 Å². The lowest BCUT2D eigenvalue weighted by Gasteiger charge is -2.34. The summed E-state index contributed by atoms with van der Waals surface area (Å²) in [6.45, 7) is 19.0. The number of carbonyl (C=O) groups is 1. The molecule has 0 aliphatic heterocycles.